The molecule has 0 fully saturated rings. The second-order valence-electron chi connectivity index (χ2n) is 8.86. The van der Waals surface area contributed by atoms with Crippen LogP contribution in [0.15, 0.2) is 48.8 Å². The number of hydrogen-bond donors (Lipinski definition) is 2. The van der Waals surface area contributed by atoms with Crippen LogP contribution in [-0.2, 0) is 16.9 Å². The first-order chi connectivity index (χ1) is 16.0. The summed E-state index contributed by atoms with van der Waals surface area (Å²) in [5, 5.41) is 9.92. The Kier molecular flexibility index (Phi) is 5.31. The molecule has 4 aromatic rings. The fourth-order valence-corrected chi connectivity index (χ4v) is 4.71. The Bertz CT molecular complexity index is 1350. The first-order valence-corrected chi connectivity index (χ1v) is 11.0. The summed E-state index contributed by atoms with van der Waals surface area (Å²) in [6.45, 7) is 5.18. The highest BCUT2D eigenvalue weighted by Crippen LogP contribution is 2.45. The molecule has 0 spiro atoms. The van der Waals surface area contributed by atoms with Crippen LogP contribution in [0.4, 0.5) is 0 Å². The van der Waals surface area contributed by atoms with Gasteiger partial charge in [0.25, 0.3) is 0 Å². The van der Waals surface area contributed by atoms with Crippen molar-refractivity contribution in [2.45, 2.75) is 32.4 Å². The molecule has 0 amide bonds. The van der Waals surface area contributed by atoms with Crippen LogP contribution in [0.5, 0.6) is 5.75 Å². The van der Waals surface area contributed by atoms with Crippen molar-refractivity contribution in [3.05, 3.63) is 71.2 Å². The van der Waals surface area contributed by atoms with Gasteiger partial charge in [0.1, 0.15) is 18.3 Å². The third-order valence-corrected chi connectivity index (χ3v) is 6.37. The minimum atomic E-state index is -0.414. The van der Waals surface area contributed by atoms with Gasteiger partial charge in [-0.2, -0.15) is 0 Å². The molecule has 0 aliphatic heterocycles. The number of aliphatic hydroxyl groups is 1. The van der Waals surface area contributed by atoms with E-state index in [2.05, 4.69) is 23.8 Å². The number of hydrogen-bond acceptors (Lipinski definition) is 5. The highest BCUT2D eigenvalue weighted by Gasteiger charge is 2.39. The molecule has 1 aliphatic rings. The summed E-state index contributed by atoms with van der Waals surface area (Å²) in [6.07, 6.45) is 4.20. The molecule has 2 N–H and O–H groups in total. The number of benzene rings is 2. The number of carbonyl (C=O) groups is 1. The Morgan fingerprint density at radius 2 is 2.03 bits per heavy atom. The predicted molar refractivity (Wildman–Crippen MR) is 126 cm³/mol. The lowest BCUT2D eigenvalue weighted by atomic mass is 9.71. The monoisotopic (exact) mass is 445 g/mol. The Hall–Kier alpha value is -3.42. The standard InChI is InChI=1S/C26H27N3O4/c1-26(2)20-14-17(33-12-4-11-30)6-8-18(20)23(31)22-19-7-5-16(13-21(19)28-24(22)26)25-27-9-10-29(25)15-32-3/h5-10,13-14,28,30H,4,11-12,15H2,1-3H3. The summed E-state index contributed by atoms with van der Waals surface area (Å²) >= 11 is 0. The van der Waals surface area contributed by atoms with Gasteiger partial charge in [-0.1, -0.05) is 26.0 Å². The number of ether oxygens (including phenoxy) is 2. The first kappa shape index (κ1) is 21.4. The predicted octanol–water partition coefficient (Wildman–Crippen LogP) is 4.27. The number of rotatable bonds is 7. The third kappa shape index (κ3) is 3.44. The second-order valence-corrected chi connectivity index (χ2v) is 8.86. The van der Waals surface area contributed by atoms with E-state index in [1.807, 2.05) is 47.2 Å². The molecule has 1 aliphatic carbocycles. The number of methoxy groups -OCH3 is 1. The van der Waals surface area contributed by atoms with Gasteiger partial charge >= 0.3 is 0 Å². The smallest absolute Gasteiger partial charge is 0.195 e. The van der Waals surface area contributed by atoms with Gasteiger partial charge in [-0.15, -0.1) is 0 Å². The van der Waals surface area contributed by atoms with Crippen LogP contribution in [0.3, 0.4) is 0 Å². The van der Waals surface area contributed by atoms with Crippen LogP contribution in [0.2, 0.25) is 0 Å². The Morgan fingerprint density at radius 3 is 2.82 bits per heavy atom. The number of nitrogens with zero attached hydrogens (tertiary/aromatic N) is 2. The summed E-state index contributed by atoms with van der Waals surface area (Å²) in [7, 11) is 1.65. The summed E-state index contributed by atoms with van der Waals surface area (Å²) in [4.78, 5) is 21.6. The summed E-state index contributed by atoms with van der Waals surface area (Å²) < 4.78 is 13.0. The van der Waals surface area contributed by atoms with Crippen molar-refractivity contribution in [2.75, 3.05) is 20.3 Å². The van der Waals surface area contributed by atoms with E-state index in [-0.39, 0.29) is 12.4 Å². The number of H-pyrrole nitrogens is 1. The molecule has 2 heterocycles. The van der Waals surface area contributed by atoms with E-state index in [0.717, 1.165) is 39.1 Å². The van der Waals surface area contributed by atoms with Gasteiger partial charge in [0.05, 0.1) is 12.2 Å². The maximum Gasteiger partial charge on any atom is 0.195 e. The van der Waals surface area contributed by atoms with Gasteiger partial charge < -0.3 is 24.1 Å². The Morgan fingerprint density at radius 1 is 1.18 bits per heavy atom. The van der Waals surface area contributed by atoms with E-state index in [0.29, 0.717) is 31.1 Å². The second kappa shape index (κ2) is 8.17. The minimum absolute atomic E-state index is 0.0149. The lowest BCUT2D eigenvalue weighted by Crippen LogP contribution is -2.30. The van der Waals surface area contributed by atoms with Gasteiger partial charge in [-0.3, -0.25) is 4.79 Å². The van der Waals surface area contributed by atoms with Crippen molar-refractivity contribution in [3.8, 4) is 17.1 Å². The molecule has 2 aromatic heterocycles. The van der Waals surface area contributed by atoms with Gasteiger partial charge in [-0.25, -0.2) is 4.98 Å². The average Bonchev–Trinajstić information content (AvgIpc) is 3.43. The molecule has 0 bridgehead atoms. The topological polar surface area (TPSA) is 89.4 Å². The van der Waals surface area contributed by atoms with Crippen LogP contribution in [0, 0.1) is 0 Å². The van der Waals surface area contributed by atoms with E-state index in [1.165, 1.54) is 0 Å². The van der Waals surface area contributed by atoms with Gasteiger partial charge in [-0.05, 0) is 29.8 Å². The average molecular weight is 446 g/mol. The lowest BCUT2D eigenvalue weighted by Gasteiger charge is -2.32. The Balaban J connectivity index is 1.60. The third-order valence-electron chi connectivity index (χ3n) is 6.37. The zero-order valence-electron chi connectivity index (χ0n) is 19.0. The molecule has 5 rings (SSSR count). The van der Waals surface area contributed by atoms with Crippen LogP contribution in [0.25, 0.3) is 22.3 Å². The first-order valence-electron chi connectivity index (χ1n) is 11.0. The minimum Gasteiger partial charge on any atom is -0.493 e. The molecule has 7 nitrogen and oxygen atoms in total. The number of carbonyl (C=O) groups excluding carboxylic acids is 1. The van der Waals surface area contributed by atoms with Gasteiger partial charge in [0.2, 0.25) is 0 Å². The molecular formula is C26H27N3O4. The van der Waals surface area contributed by atoms with E-state index in [9.17, 15) is 4.79 Å². The number of fused-ring (bicyclic) bond motifs is 4. The van der Waals surface area contributed by atoms with Crippen molar-refractivity contribution < 1.29 is 19.4 Å². The van der Waals surface area contributed by atoms with Crippen molar-refractivity contribution in [3.63, 3.8) is 0 Å². The fourth-order valence-electron chi connectivity index (χ4n) is 4.71. The molecule has 170 valence electrons. The Labute approximate surface area is 192 Å². The van der Waals surface area contributed by atoms with E-state index in [4.69, 9.17) is 14.6 Å². The van der Waals surface area contributed by atoms with Crippen molar-refractivity contribution >= 4 is 16.7 Å². The number of aromatic nitrogens is 3. The molecule has 0 unspecified atom stereocenters. The van der Waals surface area contributed by atoms with E-state index < -0.39 is 5.41 Å². The number of nitrogens with one attached hydrogen (secondary N) is 1. The zero-order valence-corrected chi connectivity index (χ0v) is 19.0. The number of aromatic amines is 1. The summed E-state index contributed by atoms with van der Waals surface area (Å²) in [5.74, 6) is 1.53. The van der Waals surface area contributed by atoms with Crippen molar-refractivity contribution in [1.29, 1.82) is 0 Å². The molecule has 0 saturated heterocycles. The maximum absolute atomic E-state index is 13.6. The normalized spacial score (nSPS) is 14.4. The number of ketones is 1. The maximum atomic E-state index is 13.6. The van der Waals surface area contributed by atoms with Crippen LogP contribution >= 0.6 is 0 Å². The zero-order chi connectivity index (χ0) is 23.2. The van der Waals surface area contributed by atoms with Crippen molar-refractivity contribution in [2.24, 2.45) is 0 Å². The highest BCUT2D eigenvalue weighted by atomic mass is 16.5. The molecule has 2 aromatic carbocycles. The number of aliphatic hydroxyl groups excluding tert-OH is 1. The lowest BCUT2D eigenvalue weighted by molar-refractivity contribution is 0.103. The molecule has 0 saturated carbocycles. The van der Waals surface area contributed by atoms with Gasteiger partial charge in [0.15, 0.2) is 5.78 Å². The molecule has 0 atom stereocenters. The van der Waals surface area contributed by atoms with Gasteiger partial charge in [0, 0.05) is 65.7 Å². The van der Waals surface area contributed by atoms with Crippen LogP contribution in [0.1, 0.15) is 47.4 Å². The summed E-state index contributed by atoms with van der Waals surface area (Å²) in [5.41, 5.74) is 4.70. The summed E-state index contributed by atoms with van der Waals surface area (Å²) in [6, 6.07) is 11.7. The molecule has 0 radical (unpaired) electrons. The molecule has 7 heteroatoms. The quantitative estimate of drug-likeness (QED) is 0.415. The highest BCUT2D eigenvalue weighted by molar-refractivity contribution is 6.20. The van der Waals surface area contributed by atoms with Crippen LogP contribution < -0.4 is 4.74 Å². The SMILES string of the molecule is COCn1ccnc1-c1ccc2c3c([nH]c2c1)C(C)(C)c1cc(OCCCO)ccc1C3=O. The molecular weight excluding hydrogens is 418 g/mol. The van der Waals surface area contributed by atoms with E-state index in [1.54, 1.807) is 13.3 Å². The van der Waals surface area contributed by atoms with Crippen molar-refractivity contribution in [1.82, 2.24) is 14.5 Å². The molecule has 33 heavy (non-hydrogen) atoms. The largest absolute Gasteiger partial charge is 0.493 e. The number of imidazole rings is 1. The fraction of sp³-hybridized carbons (Fsp3) is 0.308. The van der Waals surface area contributed by atoms with E-state index >= 15 is 0 Å². The van der Waals surface area contributed by atoms with Crippen LogP contribution in [-0.4, -0.2) is 45.7 Å².